The second-order valence-corrected chi connectivity index (χ2v) is 16.7. The minimum absolute atomic E-state index is 0.0831. The molecule has 3 aliphatic heterocycles. The van der Waals surface area contributed by atoms with E-state index in [-0.39, 0.29) is 28.3 Å². The Morgan fingerprint density at radius 3 is 2.23 bits per heavy atom. The van der Waals surface area contributed by atoms with Crippen molar-refractivity contribution in [2.75, 3.05) is 26.2 Å². The Hall–Kier alpha value is -5.98. The van der Waals surface area contributed by atoms with Crippen LogP contribution in [0.15, 0.2) is 23.2 Å². The molecule has 5 rings (SSSR count). The SMILES string of the molecule is CC[C@H](C)[C@@H]1NC(=O)CNC(=O)[C@@H]2Cc3c([nH]c4cc(O)ccc34)S[C@H](NC(=O)CNC1=O)C(=O)N[C@@H](CC(N)=O)C(=O)N1C[C@H](O)C[C@H]1C(=O)N[C@@H]([C@@H](C)[C@@H](O)CO)C(=O)N2. The number of H-pyrrole nitrogens is 1. The van der Waals surface area contributed by atoms with Crippen LogP contribution in [0.25, 0.3) is 10.9 Å². The highest BCUT2D eigenvalue weighted by Crippen LogP contribution is 2.35. The number of rotatable bonds is 7. The van der Waals surface area contributed by atoms with Crippen molar-refractivity contribution in [3.05, 3.63) is 23.8 Å². The third-order valence-electron chi connectivity index (χ3n) is 11.1. The summed E-state index contributed by atoms with van der Waals surface area (Å²) < 4.78 is 0. The third-order valence-corrected chi connectivity index (χ3v) is 12.3. The van der Waals surface area contributed by atoms with E-state index in [0.29, 0.717) is 23.6 Å². The van der Waals surface area contributed by atoms with Gasteiger partial charge in [0, 0.05) is 36.8 Å². The van der Waals surface area contributed by atoms with Crippen LogP contribution >= 0.6 is 11.8 Å². The molecule has 1 aromatic carbocycles. The van der Waals surface area contributed by atoms with Crippen LogP contribution in [0.3, 0.4) is 0 Å². The van der Waals surface area contributed by atoms with Crippen molar-refractivity contribution in [3.63, 3.8) is 0 Å². The highest BCUT2D eigenvalue weighted by Gasteiger charge is 2.45. The summed E-state index contributed by atoms with van der Waals surface area (Å²) in [7, 11) is 0. The van der Waals surface area contributed by atoms with Gasteiger partial charge in [0.05, 0.1) is 48.9 Å². The highest BCUT2D eigenvalue weighted by atomic mass is 32.2. The molecule has 338 valence electrons. The zero-order chi connectivity index (χ0) is 45.6. The van der Waals surface area contributed by atoms with Crippen LogP contribution in [0.5, 0.6) is 5.75 Å². The quantitative estimate of drug-likeness (QED) is 0.124. The molecule has 0 aliphatic carbocycles. The molecule has 1 aromatic heterocycles. The van der Waals surface area contributed by atoms with Crippen molar-refractivity contribution >= 4 is 75.8 Å². The fourth-order valence-electron chi connectivity index (χ4n) is 7.38. The third kappa shape index (κ3) is 11.1. The van der Waals surface area contributed by atoms with Gasteiger partial charge in [-0.3, -0.25) is 43.2 Å². The Morgan fingerprint density at radius 2 is 1.56 bits per heavy atom. The lowest BCUT2D eigenvalue weighted by molar-refractivity contribution is -0.143. The highest BCUT2D eigenvalue weighted by molar-refractivity contribution is 8.00. The van der Waals surface area contributed by atoms with Crippen molar-refractivity contribution in [1.29, 1.82) is 0 Å². The number of thioether (sulfide) groups is 1. The molecular weight excluding hydrogens is 837 g/mol. The Balaban J connectivity index is 1.72. The molecule has 1 fully saturated rings. The first-order valence-corrected chi connectivity index (χ1v) is 20.8. The lowest BCUT2D eigenvalue weighted by Gasteiger charge is -2.32. The largest absolute Gasteiger partial charge is 0.508 e. The molecule has 23 nitrogen and oxygen atoms in total. The van der Waals surface area contributed by atoms with Gasteiger partial charge in [-0.15, -0.1) is 0 Å². The fraction of sp³-hybridized carbons (Fsp3) is 0.553. The van der Waals surface area contributed by atoms with Crippen molar-refractivity contribution in [2.24, 2.45) is 17.6 Å². The predicted molar refractivity (Wildman–Crippen MR) is 217 cm³/mol. The van der Waals surface area contributed by atoms with E-state index in [4.69, 9.17) is 5.73 Å². The lowest BCUT2D eigenvalue weighted by Crippen LogP contribution is -2.61. The van der Waals surface area contributed by atoms with E-state index >= 15 is 0 Å². The number of primary amides is 1. The molecule has 0 radical (unpaired) electrons. The monoisotopic (exact) mass is 888 g/mol. The Morgan fingerprint density at radius 1 is 0.887 bits per heavy atom. The number of nitrogens with two attached hydrogens (primary N) is 1. The molecule has 0 spiro atoms. The average molecular weight is 889 g/mol. The second-order valence-electron chi connectivity index (χ2n) is 15.6. The fourth-order valence-corrected chi connectivity index (χ4v) is 8.49. The van der Waals surface area contributed by atoms with Crippen molar-refractivity contribution < 1.29 is 63.6 Å². The molecule has 2 aromatic rings. The number of hydrogen-bond acceptors (Lipinski definition) is 14. The van der Waals surface area contributed by atoms with Crippen LogP contribution in [-0.4, -0.2) is 158 Å². The van der Waals surface area contributed by atoms with E-state index in [1.807, 2.05) is 0 Å². The molecule has 14 N–H and O–H groups in total. The number of carbonyl (C=O) groups excluding carboxylic acids is 9. The van der Waals surface area contributed by atoms with Crippen LogP contribution in [0.4, 0.5) is 0 Å². The number of aromatic nitrogens is 1. The summed E-state index contributed by atoms with van der Waals surface area (Å²) in [5.41, 5.74) is 5.99. The molecule has 62 heavy (non-hydrogen) atoms. The number of amides is 9. The first-order valence-electron chi connectivity index (χ1n) is 19.9. The topological polar surface area (TPSA) is 364 Å². The summed E-state index contributed by atoms with van der Waals surface area (Å²) in [5.74, 6) is -10.7. The molecule has 24 heteroatoms. The van der Waals surface area contributed by atoms with E-state index in [1.54, 1.807) is 13.8 Å². The van der Waals surface area contributed by atoms with Crippen molar-refractivity contribution in [2.45, 2.75) is 99.3 Å². The molecule has 1 saturated heterocycles. The Labute approximate surface area is 358 Å². The zero-order valence-corrected chi connectivity index (χ0v) is 34.9. The van der Waals surface area contributed by atoms with Gasteiger partial charge in [0.15, 0.2) is 5.37 Å². The average Bonchev–Trinajstić information content (AvgIpc) is 3.78. The van der Waals surface area contributed by atoms with Gasteiger partial charge in [-0.2, -0.15) is 0 Å². The first-order chi connectivity index (χ1) is 29.3. The van der Waals surface area contributed by atoms with E-state index in [2.05, 4.69) is 42.2 Å². The normalized spacial score (nSPS) is 27.6. The summed E-state index contributed by atoms with van der Waals surface area (Å²) in [6, 6.07) is -3.71. The number of aromatic amines is 1. The summed E-state index contributed by atoms with van der Waals surface area (Å²) in [5, 5.41) is 57.7. The van der Waals surface area contributed by atoms with Crippen molar-refractivity contribution in [3.8, 4) is 5.75 Å². The lowest BCUT2D eigenvalue weighted by atomic mass is 9.93. The van der Waals surface area contributed by atoms with E-state index in [0.717, 1.165) is 4.90 Å². The second kappa shape index (κ2) is 20.3. The molecule has 2 bridgehead atoms. The van der Waals surface area contributed by atoms with E-state index < -0.39 is 152 Å². The molecule has 0 unspecified atom stereocenters. The molecular formula is C38H52N10O13S. The number of nitrogens with zero attached hydrogens (tertiary/aromatic N) is 1. The van der Waals surface area contributed by atoms with Gasteiger partial charge in [-0.05, 0) is 23.6 Å². The Kier molecular flexibility index (Phi) is 15.4. The minimum Gasteiger partial charge on any atom is -0.508 e. The maximum absolute atomic E-state index is 14.4. The number of phenols is 1. The van der Waals surface area contributed by atoms with Gasteiger partial charge in [-0.25, -0.2) is 0 Å². The van der Waals surface area contributed by atoms with Crippen LogP contribution < -0.4 is 43.0 Å². The van der Waals surface area contributed by atoms with Gasteiger partial charge < -0.3 is 73.3 Å². The maximum Gasteiger partial charge on any atom is 0.254 e. The number of aliphatic hydroxyl groups excluding tert-OH is 3. The van der Waals surface area contributed by atoms with Crippen molar-refractivity contribution in [1.82, 2.24) is 47.1 Å². The summed E-state index contributed by atoms with van der Waals surface area (Å²) in [4.78, 5) is 128. The smallest absolute Gasteiger partial charge is 0.254 e. The van der Waals surface area contributed by atoms with Crippen LogP contribution in [0.1, 0.15) is 45.6 Å². The van der Waals surface area contributed by atoms with E-state index in [1.165, 1.54) is 25.1 Å². The van der Waals surface area contributed by atoms with Gasteiger partial charge in [-0.1, -0.05) is 39.0 Å². The van der Waals surface area contributed by atoms with Gasteiger partial charge in [0.1, 0.15) is 36.0 Å². The first kappa shape index (κ1) is 47.1. The standard InChI is InChI=1S/C38H52N10O13S/c1-4-15(2)29-33(58)41-12-28(55)46-37-35(60)43-23(10-26(39)53)38(61)48-13-18(51)8-24(48)32(57)47-30(16(3)25(52)14-49)34(59)42-22(31(56)40-11-27(54)45-29)9-20-19-6-5-17(50)7-21(19)44-36(20)62-37/h5-7,15-16,18,22-25,29-30,37,44,49-52H,4,8-14H2,1-3H3,(H2,39,53)(H,40,56)(H,41,58)(H,42,59)(H,43,60)(H,45,54)(H,46,55)(H,47,57)/t15-,16-,18+,22-,23-,24-,25-,29-,30-,37-/m0/s1. The predicted octanol–water partition coefficient (Wildman–Crippen LogP) is -4.98. The summed E-state index contributed by atoms with van der Waals surface area (Å²) in [6.07, 6.45) is -4.13. The summed E-state index contributed by atoms with van der Waals surface area (Å²) >= 11 is 0.655. The van der Waals surface area contributed by atoms with Crippen LogP contribution in [-0.2, 0) is 49.6 Å². The molecule has 10 atom stereocenters. The summed E-state index contributed by atoms with van der Waals surface area (Å²) in [6.45, 7) is 2.01. The number of hydrogen-bond donors (Lipinski definition) is 13. The Bertz CT molecular complexity index is 2100. The van der Waals surface area contributed by atoms with Gasteiger partial charge in [0.25, 0.3) is 5.91 Å². The molecule has 4 heterocycles. The number of aliphatic hydroxyl groups is 3. The number of phenolic OH excluding ortho intramolecular Hbond substituents is 1. The number of benzene rings is 1. The minimum atomic E-state index is -1.78. The van der Waals surface area contributed by atoms with Gasteiger partial charge in [0.2, 0.25) is 47.3 Å². The number of nitrogens with one attached hydrogen (secondary N) is 8. The molecule has 9 amide bonds. The number of fused-ring (bicyclic) bond motifs is 4. The van der Waals surface area contributed by atoms with Crippen LogP contribution in [0.2, 0.25) is 0 Å². The molecule has 0 saturated carbocycles. The van der Waals surface area contributed by atoms with Crippen LogP contribution in [0, 0.1) is 11.8 Å². The maximum atomic E-state index is 14.4. The zero-order valence-electron chi connectivity index (χ0n) is 34.1. The van der Waals surface area contributed by atoms with Gasteiger partial charge >= 0.3 is 0 Å². The number of aromatic hydroxyl groups is 1. The molecule has 3 aliphatic rings. The van der Waals surface area contributed by atoms with E-state index in [9.17, 15) is 63.6 Å². The number of carbonyl (C=O) groups is 9.